The summed E-state index contributed by atoms with van der Waals surface area (Å²) in [5.41, 5.74) is -0.0803. The molecule has 1 aromatic rings. The molecule has 0 aliphatic heterocycles. The first-order valence-corrected chi connectivity index (χ1v) is 6.04. The van der Waals surface area contributed by atoms with Gasteiger partial charge in [0.2, 0.25) is 0 Å². The summed E-state index contributed by atoms with van der Waals surface area (Å²) < 4.78 is 13.8. The van der Waals surface area contributed by atoms with Gasteiger partial charge in [0.15, 0.2) is 5.78 Å². The molecule has 0 fully saturated rings. The third-order valence-electron chi connectivity index (χ3n) is 2.37. The third-order valence-corrected chi connectivity index (χ3v) is 3.03. The fourth-order valence-corrected chi connectivity index (χ4v) is 1.89. The van der Waals surface area contributed by atoms with Crippen LogP contribution < -0.4 is 5.32 Å². The van der Waals surface area contributed by atoms with Gasteiger partial charge in [-0.15, -0.1) is 0 Å². The van der Waals surface area contributed by atoms with Gasteiger partial charge in [-0.25, -0.2) is 4.39 Å². The summed E-state index contributed by atoms with van der Waals surface area (Å²) in [6, 6.07) is 3.66. The Morgan fingerprint density at radius 3 is 2.65 bits per heavy atom. The smallest absolute Gasteiger partial charge is 0.255 e. The summed E-state index contributed by atoms with van der Waals surface area (Å²) in [6.07, 6.45) is 0.333. The van der Waals surface area contributed by atoms with Gasteiger partial charge in [0.25, 0.3) is 5.91 Å². The van der Waals surface area contributed by atoms with E-state index in [2.05, 4.69) is 21.2 Å². The second kappa shape index (κ2) is 5.91. The summed E-state index contributed by atoms with van der Waals surface area (Å²) >= 11 is 3.11. The Morgan fingerprint density at radius 1 is 1.47 bits per heavy atom. The van der Waals surface area contributed by atoms with Crippen molar-refractivity contribution in [1.29, 1.82) is 0 Å². The van der Waals surface area contributed by atoms with Gasteiger partial charge in [-0.2, -0.15) is 0 Å². The lowest BCUT2D eigenvalue weighted by Crippen LogP contribution is -2.38. The quantitative estimate of drug-likeness (QED) is 0.929. The second-order valence-corrected chi connectivity index (χ2v) is 4.47. The molecule has 0 spiro atoms. The molecule has 0 saturated carbocycles. The normalized spacial score (nSPS) is 12.0. The van der Waals surface area contributed by atoms with Crippen molar-refractivity contribution in [3.8, 4) is 0 Å². The molecule has 1 unspecified atom stereocenters. The zero-order chi connectivity index (χ0) is 13.0. The standard InChI is InChI=1S/C12H13BrFNO2/c1-3-10(16)7(2)15-12(17)11-8(13)5-4-6-9(11)14/h4-7H,3H2,1-2H3,(H,15,17). The van der Waals surface area contributed by atoms with Gasteiger partial charge in [0.1, 0.15) is 5.82 Å². The van der Waals surface area contributed by atoms with Crippen LogP contribution in [0.3, 0.4) is 0 Å². The van der Waals surface area contributed by atoms with Crippen LogP contribution in [0.25, 0.3) is 0 Å². The maximum Gasteiger partial charge on any atom is 0.255 e. The highest BCUT2D eigenvalue weighted by Gasteiger charge is 2.19. The molecule has 1 aromatic carbocycles. The van der Waals surface area contributed by atoms with Crippen LogP contribution in [0.1, 0.15) is 30.6 Å². The molecule has 0 aromatic heterocycles. The summed E-state index contributed by atoms with van der Waals surface area (Å²) in [4.78, 5) is 23.1. The largest absolute Gasteiger partial charge is 0.342 e. The van der Waals surface area contributed by atoms with E-state index in [1.165, 1.54) is 12.1 Å². The molecule has 1 rings (SSSR count). The maximum absolute atomic E-state index is 13.5. The topological polar surface area (TPSA) is 46.2 Å². The fourth-order valence-electron chi connectivity index (χ4n) is 1.37. The molecule has 0 aliphatic carbocycles. The highest BCUT2D eigenvalue weighted by molar-refractivity contribution is 9.10. The molecule has 3 nitrogen and oxygen atoms in total. The van der Waals surface area contributed by atoms with Crippen molar-refractivity contribution < 1.29 is 14.0 Å². The molecule has 5 heteroatoms. The lowest BCUT2D eigenvalue weighted by molar-refractivity contribution is -0.120. The Balaban J connectivity index is 2.87. The number of benzene rings is 1. The average molecular weight is 302 g/mol. The Morgan fingerprint density at radius 2 is 2.12 bits per heavy atom. The number of rotatable bonds is 4. The van der Waals surface area contributed by atoms with Crippen LogP contribution in [0.2, 0.25) is 0 Å². The van der Waals surface area contributed by atoms with Crippen LogP contribution in [-0.4, -0.2) is 17.7 Å². The monoisotopic (exact) mass is 301 g/mol. The number of carbonyl (C=O) groups is 2. The molecule has 1 amide bonds. The van der Waals surface area contributed by atoms with E-state index >= 15 is 0 Å². The summed E-state index contributed by atoms with van der Waals surface area (Å²) in [6.45, 7) is 3.29. The molecule has 0 bridgehead atoms. The van der Waals surface area contributed by atoms with E-state index in [-0.39, 0.29) is 11.3 Å². The number of hydrogen-bond donors (Lipinski definition) is 1. The number of amides is 1. The number of ketones is 1. The second-order valence-electron chi connectivity index (χ2n) is 3.61. The zero-order valence-electron chi connectivity index (χ0n) is 9.59. The van der Waals surface area contributed by atoms with Crippen LogP contribution in [-0.2, 0) is 4.79 Å². The van der Waals surface area contributed by atoms with Crippen molar-refractivity contribution in [2.24, 2.45) is 0 Å². The Hall–Kier alpha value is -1.23. The fraction of sp³-hybridized carbons (Fsp3) is 0.333. The molecule has 1 atom stereocenters. The van der Waals surface area contributed by atoms with Crippen LogP contribution >= 0.6 is 15.9 Å². The van der Waals surface area contributed by atoms with Crippen LogP contribution in [0, 0.1) is 5.82 Å². The number of hydrogen-bond acceptors (Lipinski definition) is 2. The van der Waals surface area contributed by atoms with E-state index in [1.807, 2.05) is 0 Å². The van der Waals surface area contributed by atoms with Gasteiger partial charge in [-0.1, -0.05) is 13.0 Å². The minimum absolute atomic E-state index is 0.0803. The molecule has 17 heavy (non-hydrogen) atoms. The molecule has 0 radical (unpaired) electrons. The Labute approximate surface area is 108 Å². The minimum Gasteiger partial charge on any atom is -0.342 e. The predicted octanol–water partition coefficient (Wildman–Crippen LogP) is 2.69. The van der Waals surface area contributed by atoms with Crippen molar-refractivity contribution in [1.82, 2.24) is 5.32 Å². The molecule has 0 aliphatic rings. The Bertz CT molecular complexity index is 428. The lowest BCUT2D eigenvalue weighted by atomic mass is 10.1. The highest BCUT2D eigenvalue weighted by atomic mass is 79.9. The van der Waals surface area contributed by atoms with Crippen LogP contribution in [0.5, 0.6) is 0 Å². The van der Waals surface area contributed by atoms with Crippen molar-refractivity contribution in [3.05, 3.63) is 34.1 Å². The first-order chi connectivity index (χ1) is 7.97. The third kappa shape index (κ3) is 3.36. The average Bonchev–Trinajstić information content (AvgIpc) is 2.27. The summed E-state index contributed by atoms with van der Waals surface area (Å²) in [7, 11) is 0. The number of carbonyl (C=O) groups excluding carboxylic acids is 2. The van der Waals surface area contributed by atoms with Gasteiger partial charge in [0, 0.05) is 10.9 Å². The van der Waals surface area contributed by atoms with E-state index in [4.69, 9.17) is 0 Å². The maximum atomic E-state index is 13.5. The Kier molecular flexibility index (Phi) is 4.81. The molecular formula is C12H13BrFNO2. The van der Waals surface area contributed by atoms with Gasteiger partial charge in [-0.05, 0) is 35.0 Å². The minimum atomic E-state index is -0.618. The van der Waals surface area contributed by atoms with E-state index in [0.29, 0.717) is 10.9 Å². The van der Waals surface area contributed by atoms with Gasteiger partial charge >= 0.3 is 0 Å². The van der Waals surface area contributed by atoms with E-state index in [9.17, 15) is 14.0 Å². The number of nitrogens with one attached hydrogen (secondary N) is 1. The molecule has 92 valence electrons. The number of halogens is 2. The molecule has 0 heterocycles. The van der Waals surface area contributed by atoms with Crippen LogP contribution in [0.4, 0.5) is 4.39 Å². The first-order valence-electron chi connectivity index (χ1n) is 5.25. The van der Waals surface area contributed by atoms with Gasteiger partial charge in [0.05, 0.1) is 11.6 Å². The zero-order valence-corrected chi connectivity index (χ0v) is 11.2. The SMILES string of the molecule is CCC(=O)C(C)NC(=O)c1c(F)cccc1Br. The first kappa shape index (κ1) is 13.8. The van der Waals surface area contributed by atoms with Crippen molar-refractivity contribution >= 4 is 27.6 Å². The summed E-state index contributed by atoms with van der Waals surface area (Å²) in [5.74, 6) is -1.30. The van der Waals surface area contributed by atoms with Crippen LogP contribution in [0.15, 0.2) is 22.7 Å². The molecule has 0 saturated heterocycles. The van der Waals surface area contributed by atoms with E-state index in [0.717, 1.165) is 0 Å². The van der Waals surface area contributed by atoms with Crippen molar-refractivity contribution in [2.45, 2.75) is 26.3 Å². The lowest BCUT2D eigenvalue weighted by Gasteiger charge is -2.13. The molecule has 1 N–H and O–H groups in total. The molecular weight excluding hydrogens is 289 g/mol. The van der Waals surface area contributed by atoms with Gasteiger partial charge < -0.3 is 5.32 Å². The summed E-state index contributed by atoms with van der Waals surface area (Å²) in [5, 5.41) is 2.47. The van der Waals surface area contributed by atoms with Crippen molar-refractivity contribution in [3.63, 3.8) is 0 Å². The highest BCUT2D eigenvalue weighted by Crippen LogP contribution is 2.19. The predicted molar refractivity (Wildman–Crippen MR) is 66.3 cm³/mol. The van der Waals surface area contributed by atoms with E-state index in [1.54, 1.807) is 19.9 Å². The number of Topliss-reactive ketones (excluding diaryl/α,β-unsaturated/α-hetero) is 1. The van der Waals surface area contributed by atoms with Gasteiger partial charge in [-0.3, -0.25) is 9.59 Å². The van der Waals surface area contributed by atoms with Crippen molar-refractivity contribution in [2.75, 3.05) is 0 Å². The van der Waals surface area contributed by atoms with E-state index < -0.39 is 17.8 Å².